The van der Waals surface area contributed by atoms with Gasteiger partial charge in [-0.1, -0.05) is 18.2 Å². The number of aliphatic hydroxyl groups excluding tert-OH is 1. The van der Waals surface area contributed by atoms with Crippen molar-refractivity contribution in [2.75, 3.05) is 6.61 Å². The number of nitrogens with one attached hydrogen (secondary N) is 1. The Morgan fingerprint density at radius 2 is 2.05 bits per heavy atom. The Morgan fingerprint density at radius 3 is 2.74 bits per heavy atom. The third-order valence-corrected chi connectivity index (χ3v) is 3.74. The Morgan fingerprint density at radius 1 is 1.32 bits per heavy atom. The number of benzene rings is 1. The lowest BCUT2D eigenvalue weighted by Crippen LogP contribution is -2.43. The summed E-state index contributed by atoms with van der Waals surface area (Å²) >= 11 is 1.54. The van der Waals surface area contributed by atoms with Crippen molar-refractivity contribution in [1.29, 1.82) is 0 Å². The largest absolute Gasteiger partial charge is 0.480 e. The topological polar surface area (TPSA) is 86.6 Å². The van der Waals surface area contributed by atoms with Crippen LogP contribution in [0.4, 0.5) is 0 Å². The first-order valence-corrected chi connectivity index (χ1v) is 6.58. The zero-order valence-corrected chi connectivity index (χ0v) is 10.8. The maximum atomic E-state index is 11.7. The molecule has 100 valence electrons. The molecule has 0 bridgehead atoms. The van der Waals surface area contributed by atoms with Gasteiger partial charge >= 0.3 is 5.97 Å². The number of hydrogen-bond acceptors (Lipinski definition) is 4. The van der Waals surface area contributed by atoms with E-state index in [4.69, 9.17) is 10.2 Å². The molecule has 3 N–H and O–H groups in total. The maximum absolute atomic E-state index is 11.7. The minimum absolute atomic E-state index is 0.105. The molecule has 0 aliphatic rings. The fourth-order valence-electron chi connectivity index (χ4n) is 1.77. The number of hydrogen-bond donors (Lipinski definition) is 3. The van der Waals surface area contributed by atoms with E-state index in [1.54, 1.807) is 11.3 Å². The van der Waals surface area contributed by atoms with E-state index in [1.807, 2.05) is 29.6 Å². The van der Waals surface area contributed by atoms with Crippen LogP contribution in [0.3, 0.4) is 0 Å². The molecule has 1 heterocycles. The van der Waals surface area contributed by atoms with Crippen molar-refractivity contribution in [2.24, 2.45) is 0 Å². The second-order valence-electron chi connectivity index (χ2n) is 4.07. The quantitative estimate of drug-likeness (QED) is 0.762. The summed E-state index contributed by atoms with van der Waals surface area (Å²) in [6.45, 7) is -0.620. The highest BCUT2D eigenvalue weighted by molar-refractivity contribution is 7.17. The molecule has 0 saturated heterocycles. The Balaban J connectivity index is 2.09. The average Bonchev–Trinajstić information content (AvgIpc) is 2.79. The molecule has 2 rings (SSSR count). The van der Waals surface area contributed by atoms with Crippen LogP contribution in [0.2, 0.25) is 0 Å². The summed E-state index contributed by atoms with van der Waals surface area (Å²) < 4.78 is 1.09. The number of rotatable bonds is 5. The number of carbonyl (C=O) groups is 2. The van der Waals surface area contributed by atoms with E-state index in [9.17, 15) is 9.59 Å². The molecule has 0 aliphatic carbocycles. The Bertz CT molecular complexity index is 607. The standard InChI is InChI=1S/C13H13NO4S/c15-6-10(13(17)18)14-12(16)5-8-7-19-11-4-2-1-3-9(8)11/h1-4,7,10,15H,5-6H2,(H,14,16)(H,17,18). The highest BCUT2D eigenvalue weighted by Crippen LogP contribution is 2.25. The zero-order chi connectivity index (χ0) is 13.8. The van der Waals surface area contributed by atoms with E-state index >= 15 is 0 Å². The Hall–Kier alpha value is -1.92. The first-order valence-electron chi connectivity index (χ1n) is 5.70. The Kier molecular flexibility index (Phi) is 4.13. The summed E-state index contributed by atoms with van der Waals surface area (Å²) in [5, 5.41) is 22.8. The highest BCUT2D eigenvalue weighted by atomic mass is 32.1. The fourth-order valence-corrected chi connectivity index (χ4v) is 2.74. The third-order valence-electron chi connectivity index (χ3n) is 2.73. The van der Waals surface area contributed by atoms with Crippen molar-refractivity contribution >= 4 is 33.3 Å². The smallest absolute Gasteiger partial charge is 0.328 e. The molecule has 1 amide bonds. The van der Waals surface area contributed by atoms with Crippen LogP contribution in [0.25, 0.3) is 10.1 Å². The number of carbonyl (C=O) groups excluding carboxylic acids is 1. The van der Waals surface area contributed by atoms with Crippen molar-refractivity contribution in [1.82, 2.24) is 5.32 Å². The van der Waals surface area contributed by atoms with Crippen LogP contribution in [0.1, 0.15) is 5.56 Å². The maximum Gasteiger partial charge on any atom is 0.328 e. The van der Waals surface area contributed by atoms with Gasteiger partial charge in [0.15, 0.2) is 0 Å². The van der Waals surface area contributed by atoms with Crippen molar-refractivity contribution in [3.8, 4) is 0 Å². The van der Waals surface area contributed by atoms with Crippen LogP contribution in [0.5, 0.6) is 0 Å². The number of aliphatic carboxylic acids is 1. The monoisotopic (exact) mass is 279 g/mol. The average molecular weight is 279 g/mol. The summed E-state index contributed by atoms with van der Waals surface area (Å²) in [7, 11) is 0. The van der Waals surface area contributed by atoms with E-state index in [1.165, 1.54) is 0 Å². The minimum atomic E-state index is -1.25. The molecular formula is C13H13NO4S. The second kappa shape index (κ2) is 5.81. The summed E-state index contributed by atoms with van der Waals surface area (Å²) in [5.74, 6) is -1.66. The molecular weight excluding hydrogens is 266 g/mol. The minimum Gasteiger partial charge on any atom is -0.480 e. The van der Waals surface area contributed by atoms with Crippen molar-refractivity contribution in [2.45, 2.75) is 12.5 Å². The number of carboxylic acids is 1. The zero-order valence-electron chi connectivity index (χ0n) is 10.00. The number of carboxylic acid groups (broad SMARTS) is 1. The number of aliphatic hydroxyl groups is 1. The Labute approximate surface area is 113 Å². The van der Waals surface area contributed by atoms with Gasteiger partial charge in [0, 0.05) is 4.70 Å². The molecule has 0 spiro atoms. The van der Waals surface area contributed by atoms with Crippen LogP contribution < -0.4 is 5.32 Å². The molecule has 0 radical (unpaired) electrons. The van der Waals surface area contributed by atoms with Gasteiger partial charge in [-0.2, -0.15) is 0 Å². The lowest BCUT2D eigenvalue weighted by Gasteiger charge is -2.11. The SMILES string of the molecule is O=C(Cc1csc2ccccc12)NC(CO)C(=O)O. The van der Waals surface area contributed by atoms with Gasteiger partial charge in [0.25, 0.3) is 0 Å². The van der Waals surface area contributed by atoms with E-state index in [0.29, 0.717) is 0 Å². The number of thiophene rings is 1. The van der Waals surface area contributed by atoms with Crippen LogP contribution in [0, 0.1) is 0 Å². The number of fused-ring (bicyclic) bond motifs is 1. The lowest BCUT2D eigenvalue weighted by molar-refractivity contribution is -0.142. The van der Waals surface area contributed by atoms with Crippen LogP contribution in [-0.2, 0) is 16.0 Å². The summed E-state index contributed by atoms with van der Waals surface area (Å²) in [6.07, 6.45) is 0.105. The molecule has 19 heavy (non-hydrogen) atoms. The molecule has 1 atom stereocenters. The van der Waals surface area contributed by atoms with E-state index in [2.05, 4.69) is 5.32 Å². The van der Waals surface area contributed by atoms with Gasteiger partial charge in [-0.15, -0.1) is 11.3 Å². The van der Waals surface area contributed by atoms with Crippen molar-refractivity contribution in [3.05, 3.63) is 35.2 Å². The first kappa shape index (κ1) is 13.5. The molecule has 0 aliphatic heterocycles. The lowest BCUT2D eigenvalue weighted by atomic mass is 10.1. The molecule has 1 unspecified atom stereocenters. The van der Waals surface area contributed by atoms with Gasteiger partial charge in [-0.05, 0) is 22.4 Å². The van der Waals surface area contributed by atoms with E-state index in [-0.39, 0.29) is 6.42 Å². The molecule has 0 saturated carbocycles. The predicted molar refractivity (Wildman–Crippen MR) is 72.2 cm³/mol. The second-order valence-corrected chi connectivity index (χ2v) is 4.99. The summed E-state index contributed by atoms with van der Waals surface area (Å²) in [6, 6.07) is 6.46. The predicted octanol–water partition coefficient (Wildman–Crippen LogP) is 1.01. The summed E-state index contributed by atoms with van der Waals surface area (Å²) in [4.78, 5) is 22.5. The highest BCUT2D eigenvalue weighted by Gasteiger charge is 2.19. The normalized spacial score (nSPS) is 12.3. The summed E-state index contributed by atoms with van der Waals surface area (Å²) in [5.41, 5.74) is 0.861. The fraction of sp³-hybridized carbons (Fsp3) is 0.231. The van der Waals surface area contributed by atoms with Crippen LogP contribution in [0.15, 0.2) is 29.6 Å². The van der Waals surface area contributed by atoms with E-state index in [0.717, 1.165) is 15.6 Å². The molecule has 5 nitrogen and oxygen atoms in total. The van der Waals surface area contributed by atoms with Gasteiger partial charge in [0.2, 0.25) is 5.91 Å². The molecule has 1 aromatic carbocycles. The van der Waals surface area contributed by atoms with Gasteiger partial charge in [-0.25, -0.2) is 4.79 Å². The molecule has 2 aromatic rings. The molecule has 6 heteroatoms. The van der Waals surface area contributed by atoms with E-state index < -0.39 is 24.5 Å². The van der Waals surface area contributed by atoms with Gasteiger partial charge in [-0.3, -0.25) is 4.79 Å². The molecule has 0 fully saturated rings. The third kappa shape index (κ3) is 3.10. The van der Waals surface area contributed by atoms with Crippen molar-refractivity contribution in [3.63, 3.8) is 0 Å². The van der Waals surface area contributed by atoms with Gasteiger partial charge in [0.05, 0.1) is 13.0 Å². The number of amides is 1. The van der Waals surface area contributed by atoms with Crippen molar-refractivity contribution < 1.29 is 19.8 Å². The van der Waals surface area contributed by atoms with Gasteiger partial charge in [0.1, 0.15) is 6.04 Å². The first-order chi connectivity index (χ1) is 9.11. The van der Waals surface area contributed by atoms with Crippen LogP contribution in [-0.4, -0.2) is 34.7 Å². The van der Waals surface area contributed by atoms with Crippen LogP contribution >= 0.6 is 11.3 Å². The van der Waals surface area contributed by atoms with Gasteiger partial charge < -0.3 is 15.5 Å². The molecule has 1 aromatic heterocycles.